The maximum atomic E-state index is 12.0. The third kappa shape index (κ3) is 4.64. The first-order chi connectivity index (χ1) is 9.65. The fraction of sp³-hybridized carbons (Fsp3) is 0.588. The SMILES string of the molecule is Cc1cccc(CCNC(=O)CC2NCCCC2C)c1. The van der Waals surface area contributed by atoms with Crippen molar-refractivity contribution in [3.63, 3.8) is 0 Å². The zero-order valence-corrected chi connectivity index (χ0v) is 12.6. The van der Waals surface area contributed by atoms with Gasteiger partial charge < -0.3 is 10.6 Å². The maximum Gasteiger partial charge on any atom is 0.221 e. The fourth-order valence-electron chi connectivity index (χ4n) is 2.87. The van der Waals surface area contributed by atoms with E-state index in [0.717, 1.165) is 19.5 Å². The summed E-state index contributed by atoms with van der Waals surface area (Å²) in [5.74, 6) is 0.773. The molecule has 1 aliphatic rings. The van der Waals surface area contributed by atoms with Crippen LogP contribution in [-0.4, -0.2) is 25.0 Å². The number of rotatable bonds is 5. The van der Waals surface area contributed by atoms with Crippen molar-refractivity contribution in [2.24, 2.45) is 5.92 Å². The van der Waals surface area contributed by atoms with Gasteiger partial charge in [-0.25, -0.2) is 0 Å². The number of hydrogen-bond acceptors (Lipinski definition) is 2. The number of amides is 1. The lowest BCUT2D eigenvalue weighted by Crippen LogP contribution is -2.43. The van der Waals surface area contributed by atoms with Crippen LogP contribution in [0.3, 0.4) is 0 Å². The Bertz CT molecular complexity index is 444. The van der Waals surface area contributed by atoms with Crippen molar-refractivity contribution < 1.29 is 4.79 Å². The largest absolute Gasteiger partial charge is 0.356 e. The van der Waals surface area contributed by atoms with E-state index in [1.54, 1.807) is 0 Å². The lowest BCUT2D eigenvalue weighted by molar-refractivity contribution is -0.121. The number of nitrogens with one attached hydrogen (secondary N) is 2. The Morgan fingerprint density at radius 3 is 3.05 bits per heavy atom. The smallest absolute Gasteiger partial charge is 0.221 e. The molecule has 1 amide bonds. The van der Waals surface area contributed by atoms with E-state index in [1.165, 1.54) is 24.0 Å². The topological polar surface area (TPSA) is 41.1 Å². The summed E-state index contributed by atoms with van der Waals surface area (Å²) in [5.41, 5.74) is 2.56. The monoisotopic (exact) mass is 274 g/mol. The van der Waals surface area contributed by atoms with E-state index in [2.05, 4.69) is 48.7 Å². The highest BCUT2D eigenvalue weighted by atomic mass is 16.1. The molecule has 2 atom stereocenters. The number of piperidine rings is 1. The quantitative estimate of drug-likeness (QED) is 0.866. The van der Waals surface area contributed by atoms with Gasteiger partial charge in [-0.05, 0) is 44.2 Å². The van der Waals surface area contributed by atoms with E-state index in [-0.39, 0.29) is 5.91 Å². The van der Waals surface area contributed by atoms with E-state index < -0.39 is 0 Å². The molecule has 1 aliphatic heterocycles. The van der Waals surface area contributed by atoms with Crippen LogP contribution in [0.5, 0.6) is 0 Å². The van der Waals surface area contributed by atoms with Crippen molar-refractivity contribution in [1.82, 2.24) is 10.6 Å². The molecule has 2 N–H and O–H groups in total. The van der Waals surface area contributed by atoms with Crippen LogP contribution in [-0.2, 0) is 11.2 Å². The number of benzene rings is 1. The summed E-state index contributed by atoms with van der Waals surface area (Å²) < 4.78 is 0. The second-order valence-corrected chi connectivity index (χ2v) is 5.97. The minimum absolute atomic E-state index is 0.170. The van der Waals surface area contributed by atoms with Crippen molar-refractivity contribution in [2.45, 2.75) is 45.6 Å². The van der Waals surface area contributed by atoms with Gasteiger partial charge in [0.15, 0.2) is 0 Å². The van der Waals surface area contributed by atoms with E-state index in [9.17, 15) is 4.79 Å². The molecule has 3 nitrogen and oxygen atoms in total. The molecular formula is C17H26N2O. The highest BCUT2D eigenvalue weighted by Crippen LogP contribution is 2.17. The van der Waals surface area contributed by atoms with Crippen LogP contribution in [0.4, 0.5) is 0 Å². The first kappa shape index (κ1) is 15.0. The lowest BCUT2D eigenvalue weighted by Gasteiger charge is -2.29. The molecule has 1 heterocycles. The van der Waals surface area contributed by atoms with Crippen LogP contribution in [0.15, 0.2) is 24.3 Å². The van der Waals surface area contributed by atoms with Crippen LogP contribution in [0.25, 0.3) is 0 Å². The molecule has 110 valence electrons. The molecule has 1 fully saturated rings. The van der Waals surface area contributed by atoms with Gasteiger partial charge in [-0.15, -0.1) is 0 Å². The highest BCUT2D eigenvalue weighted by Gasteiger charge is 2.22. The normalized spacial score (nSPS) is 22.5. The van der Waals surface area contributed by atoms with Gasteiger partial charge in [0.25, 0.3) is 0 Å². The van der Waals surface area contributed by atoms with Crippen molar-refractivity contribution in [2.75, 3.05) is 13.1 Å². The molecule has 3 heteroatoms. The van der Waals surface area contributed by atoms with Crippen molar-refractivity contribution in [1.29, 1.82) is 0 Å². The third-order valence-corrected chi connectivity index (χ3v) is 4.15. The van der Waals surface area contributed by atoms with Crippen molar-refractivity contribution in [3.8, 4) is 0 Å². The second-order valence-electron chi connectivity index (χ2n) is 5.97. The summed E-state index contributed by atoms with van der Waals surface area (Å²) in [5, 5.41) is 6.49. The lowest BCUT2D eigenvalue weighted by atomic mass is 9.90. The van der Waals surface area contributed by atoms with E-state index in [1.807, 2.05) is 0 Å². The van der Waals surface area contributed by atoms with Crippen LogP contribution < -0.4 is 10.6 Å². The van der Waals surface area contributed by atoms with Gasteiger partial charge in [0.1, 0.15) is 0 Å². The van der Waals surface area contributed by atoms with Gasteiger partial charge in [0.2, 0.25) is 5.91 Å². The predicted molar refractivity (Wildman–Crippen MR) is 82.7 cm³/mol. The van der Waals surface area contributed by atoms with Gasteiger partial charge in [-0.3, -0.25) is 4.79 Å². The van der Waals surface area contributed by atoms with E-state index in [4.69, 9.17) is 0 Å². The van der Waals surface area contributed by atoms with Crippen LogP contribution >= 0.6 is 0 Å². The molecule has 0 spiro atoms. The highest BCUT2D eigenvalue weighted by molar-refractivity contribution is 5.76. The van der Waals surface area contributed by atoms with Crippen LogP contribution in [0, 0.1) is 12.8 Å². The van der Waals surface area contributed by atoms with E-state index in [0.29, 0.717) is 18.4 Å². The predicted octanol–water partition coefficient (Wildman–Crippen LogP) is 2.43. The number of hydrogen-bond donors (Lipinski definition) is 2. The summed E-state index contributed by atoms with van der Waals surface area (Å²) in [6.45, 7) is 6.10. The molecule has 1 aromatic rings. The second kappa shape index (κ2) is 7.44. The molecular weight excluding hydrogens is 248 g/mol. The zero-order valence-electron chi connectivity index (χ0n) is 12.6. The molecule has 2 unspecified atom stereocenters. The Kier molecular flexibility index (Phi) is 5.60. The Labute approximate surface area is 122 Å². The maximum absolute atomic E-state index is 12.0. The molecule has 0 bridgehead atoms. The minimum atomic E-state index is 0.170. The van der Waals surface area contributed by atoms with Gasteiger partial charge >= 0.3 is 0 Å². The average molecular weight is 274 g/mol. The Balaban J connectivity index is 1.70. The molecule has 0 aromatic heterocycles. The Morgan fingerprint density at radius 2 is 2.30 bits per heavy atom. The summed E-state index contributed by atoms with van der Waals surface area (Å²) >= 11 is 0. The summed E-state index contributed by atoms with van der Waals surface area (Å²) in [4.78, 5) is 12.0. The van der Waals surface area contributed by atoms with E-state index >= 15 is 0 Å². The van der Waals surface area contributed by atoms with Crippen LogP contribution in [0.1, 0.15) is 37.3 Å². The zero-order chi connectivity index (χ0) is 14.4. The fourth-order valence-corrected chi connectivity index (χ4v) is 2.87. The van der Waals surface area contributed by atoms with Crippen molar-refractivity contribution in [3.05, 3.63) is 35.4 Å². The number of aryl methyl sites for hydroxylation is 1. The first-order valence-corrected chi connectivity index (χ1v) is 7.71. The molecule has 20 heavy (non-hydrogen) atoms. The molecule has 2 rings (SSSR count). The third-order valence-electron chi connectivity index (χ3n) is 4.15. The molecule has 0 saturated carbocycles. The summed E-state index contributed by atoms with van der Waals surface area (Å²) in [7, 11) is 0. The molecule has 0 radical (unpaired) electrons. The molecule has 1 saturated heterocycles. The standard InChI is InChI=1S/C17H26N2O/c1-13-5-3-7-15(11-13)8-10-19-17(20)12-16-14(2)6-4-9-18-16/h3,5,7,11,14,16,18H,4,6,8-10,12H2,1-2H3,(H,19,20). The van der Waals surface area contributed by atoms with Gasteiger partial charge in [0.05, 0.1) is 0 Å². The summed E-state index contributed by atoms with van der Waals surface area (Å²) in [6.07, 6.45) is 3.97. The van der Waals surface area contributed by atoms with Gasteiger partial charge in [-0.2, -0.15) is 0 Å². The number of carbonyl (C=O) groups excluding carboxylic acids is 1. The molecule has 1 aromatic carbocycles. The van der Waals surface area contributed by atoms with Crippen LogP contribution in [0.2, 0.25) is 0 Å². The van der Waals surface area contributed by atoms with Gasteiger partial charge in [0, 0.05) is 19.0 Å². The summed E-state index contributed by atoms with van der Waals surface area (Å²) in [6, 6.07) is 8.81. The van der Waals surface area contributed by atoms with Gasteiger partial charge in [-0.1, -0.05) is 36.8 Å². The Hall–Kier alpha value is -1.35. The minimum Gasteiger partial charge on any atom is -0.356 e. The molecule has 0 aliphatic carbocycles. The average Bonchev–Trinajstić information content (AvgIpc) is 2.41. The van der Waals surface area contributed by atoms with Crippen molar-refractivity contribution >= 4 is 5.91 Å². The number of carbonyl (C=O) groups is 1. The Morgan fingerprint density at radius 1 is 1.45 bits per heavy atom. The first-order valence-electron chi connectivity index (χ1n) is 7.71.